The van der Waals surface area contributed by atoms with Crippen LogP contribution < -0.4 is 5.43 Å². The molecular weight excluding hydrogens is 315 g/mol. The first-order chi connectivity index (χ1) is 10.5. The van der Waals surface area contributed by atoms with Crippen molar-refractivity contribution in [2.45, 2.75) is 6.18 Å². The molecule has 0 bridgehead atoms. The van der Waals surface area contributed by atoms with Crippen LogP contribution in [0.2, 0.25) is 5.02 Å². The van der Waals surface area contributed by atoms with Crippen LogP contribution in [0.25, 0.3) is 6.08 Å². The predicted octanol–water partition coefficient (Wildman–Crippen LogP) is 4.86. The highest BCUT2D eigenvalue weighted by molar-refractivity contribution is 6.32. The molecule has 1 N–H and O–H groups in total. The highest BCUT2D eigenvalue weighted by Crippen LogP contribution is 2.32. The molecule has 22 heavy (non-hydrogen) atoms. The van der Waals surface area contributed by atoms with E-state index in [0.29, 0.717) is 6.20 Å². The molecule has 2 aromatic rings. The Kier molecular flexibility index (Phi) is 5.16. The molecule has 7 heteroatoms. The summed E-state index contributed by atoms with van der Waals surface area (Å²) in [6, 6.07) is 10.4. The van der Waals surface area contributed by atoms with Crippen LogP contribution in [0.15, 0.2) is 53.8 Å². The van der Waals surface area contributed by atoms with E-state index in [9.17, 15) is 13.2 Å². The minimum Gasteiger partial charge on any atom is -0.260 e. The lowest BCUT2D eigenvalue weighted by molar-refractivity contribution is -0.137. The normalized spacial score (nSPS) is 12.2. The number of rotatable bonds is 4. The van der Waals surface area contributed by atoms with Crippen molar-refractivity contribution < 1.29 is 13.2 Å². The number of hydrogen-bond donors (Lipinski definition) is 1. The van der Waals surface area contributed by atoms with Crippen molar-refractivity contribution in [3.05, 3.63) is 64.8 Å². The van der Waals surface area contributed by atoms with Crippen molar-refractivity contribution in [3.8, 4) is 0 Å². The van der Waals surface area contributed by atoms with Crippen LogP contribution in [0.4, 0.5) is 19.0 Å². The van der Waals surface area contributed by atoms with E-state index >= 15 is 0 Å². The number of hydrazone groups is 1. The molecular formula is C15H11ClF3N3. The summed E-state index contributed by atoms with van der Waals surface area (Å²) in [4.78, 5) is 3.60. The predicted molar refractivity (Wildman–Crippen MR) is 81.8 cm³/mol. The third kappa shape index (κ3) is 4.60. The van der Waals surface area contributed by atoms with Crippen LogP contribution in [-0.4, -0.2) is 11.2 Å². The molecule has 0 aliphatic rings. The van der Waals surface area contributed by atoms with Crippen LogP contribution in [0.5, 0.6) is 0 Å². The number of hydrogen-bond acceptors (Lipinski definition) is 3. The molecule has 0 aliphatic carbocycles. The number of aromatic nitrogens is 1. The van der Waals surface area contributed by atoms with E-state index in [1.165, 1.54) is 6.21 Å². The van der Waals surface area contributed by atoms with Gasteiger partial charge in [0, 0.05) is 12.4 Å². The summed E-state index contributed by atoms with van der Waals surface area (Å²) in [6.07, 6.45) is 1.18. The van der Waals surface area contributed by atoms with Gasteiger partial charge in [-0.3, -0.25) is 5.43 Å². The van der Waals surface area contributed by atoms with E-state index in [2.05, 4.69) is 15.5 Å². The van der Waals surface area contributed by atoms with Gasteiger partial charge in [0.2, 0.25) is 0 Å². The maximum Gasteiger partial charge on any atom is 0.417 e. The Morgan fingerprint density at radius 3 is 2.55 bits per heavy atom. The largest absolute Gasteiger partial charge is 0.417 e. The standard InChI is InChI=1S/C15H11ClF3N3/c16-13-9-12(15(17,18)19)10-20-14(13)22-21-8-4-7-11-5-2-1-3-6-11/h1-10H,(H,20,22)/b7-4+,21-8-. The molecule has 0 amide bonds. The molecule has 0 radical (unpaired) electrons. The molecule has 1 aromatic carbocycles. The van der Waals surface area contributed by atoms with Crippen molar-refractivity contribution in [2.75, 3.05) is 5.43 Å². The summed E-state index contributed by atoms with van der Waals surface area (Å²) in [5.74, 6) is 0.0547. The number of benzene rings is 1. The first kappa shape index (κ1) is 16.0. The second-order valence-electron chi connectivity index (χ2n) is 4.21. The van der Waals surface area contributed by atoms with E-state index in [4.69, 9.17) is 11.6 Å². The Morgan fingerprint density at radius 1 is 1.18 bits per heavy atom. The number of nitrogens with zero attached hydrogens (tertiary/aromatic N) is 2. The summed E-state index contributed by atoms with van der Waals surface area (Å²) in [6.45, 7) is 0. The van der Waals surface area contributed by atoms with Crippen molar-refractivity contribution in [1.29, 1.82) is 0 Å². The highest BCUT2D eigenvalue weighted by Gasteiger charge is 2.31. The molecule has 0 spiro atoms. The molecule has 3 nitrogen and oxygen atoms in total. The number of halogens is 4. The van der Waals surface area contributed by atoms with E-state index in [0.717, 1.165) is 11.6 Å². The molecule has 2 rings (SSSR count). The molecule has 0 saturated carbocycles. The van der Waals surface area contributed by atoms with Gasteiger partial charge < -0.3 is 0 Å². The number of anilines is 1. The number of alkyl halides is 3. The lowest BCUT2D eigenvalue weighted by atomic mass is 10.2. The molecule has 1 heterocycles. The lowest BCUT2D eigenvalue weighted by Gasteiger charge is -2.08. The minimum atomic E-state index is -4.48. The van der Waals surface area contributed by atoms with Gasteiger partial charge in [-0.1, -0.05) is 48.0 Å². The fraction of sp³-hybridized carbons (Fsp3) is 0.0667. The Morgan fingerprint density at radius 2 is 1.91 bits per heavy atom. The van der Waals surface area contributed by atoms with E-state index in [-0.39, 0.29) is 10.8 Å². The summed E-state index contributed by atoms with van der Waals surface area (Å²) >= 11 is 5.73. The summed E-state index contributed by atoms with van der Waals surface area (Å²) in [5, 5.41) is 3.67. The van der Waals surface area contributed by atoms with Crippen LogP contribution >= 0.6 is 11.6 Å². The fourth-order valence-corrected chi connectivity index (χ4v) is 1.74. The van der Waals surface area contributed by atoms with Crippen LogP contribution in [-0.2, 0) is 6.18 Å². The van der Waals surface area contributed by atoms with E-state index in [1.54, 1.807) is 6.08 Å². The minimum absolute atomic E-state index is 0.0547. The van der Waals surface area contributed by atoms with Crippen molar-refractivity contribution in [3.63, 3.8) is 0 Å². The summed E-state index contributed by atoms with van der Waals surface area (Å²) < 4.78 is 37.4. The van der Waals surface area contributed by atoms with Crippen LogP contribution in [0.3, 0.4) is 0 Å². The second-order valence-corrected chi connectivity index (χ2v) is 4.62. The van der Waals surface area contributed by atoms with Gasteiger partial charge in [0.05, 0.1) is 10.6 Å². The highest BCUT2D eigenvalue weighted by atomic mass is 35.5. The monoisotopic (exact) mass is 325 g/mol. The zero-order valence-electron chi connectivity index (χ0n) is 11.2. The maximum atomic E-state index is 12.5. The quantitative estimate of drug-likeness (QED) is 0.643. The molecule has 1 aromatic heterocycles. The van der Waals surface area contributed by atoms with Gasteiger partial charge in [-0.2, -0.15) is 18.3 Å². The molecule has 0 unspecified atom stereocenters. The van der Waals surface area contributed by atoms with Crippen molar-refractivity contribution >= 4 is 29.7 Å². The third-order valence-electron chi connectivity index (χ3n) is 2.59. The number of nitrogens with one attached hydrogen (secondary N) is 1. The first-order valence-corrected chi connectivity index (χ1v) is 6.58. The number of allylic oxidation sites excluding steroid dienone is 1. The molecule has 0 fully saturated rings. The Hall–Kier alpha value is -2.34. The zero-order chi connectivity index (χ0) is 16.0. The average Bonchev–Trinajstić information content (AvgIpc) is 2.48. The molecule has 114 valence electrons. The average molecular weight is 326 g/mol. The third-order valence-corrected chi connectivity index (χ3v) is 2.88. The second kappa shape index (κ2) is 7.09. The van der Waals surface area contributed by atoms with Crippen molar-refractivity contribution in [1.82, 2.24) is 4.98 Å². The van der Waals surface area contributed by atoms with E-state index < -0.39 is 11.7 Å². The van der Waals surface area contributed by atoms with E-state index in [1.807, 2.05) is 36.4 Å². The molecule has 0 aliphatic heterocycles. The van der Waals surface area contributed by atoms with Gasteiger partial charge in [0.1, 0.15) is 0 Å². The van der Waals surface area contributed by atoms with Crippen LogP contribution in [0.1, 0.15) is 11.1 Å². The van der Waals surface area contributed by atoms with Gasteiger partial charge in [0.15, 0.2) is 5.82 Å². The Bertz CT molecular complexity index is 682. The molecule has 0 atom stereocenters. The Labute approximate surface area is 130 Å². The van der Waals surface area contributed by atoms with Gasteiger partial charge in [-0.05, 0) is 17.7 Å². The van der Waals surface area contributed by atoms with Crippen LogP contribution in [0, 0.1) is 0 Å². The van der Waals surface area contributed by atoms with Gasteiger partial charge >= 0.3 is 6.18 Å². The van der Waals surface area contributed by atoms with Gasteiger partial charge in [0.25, 0.3) is 0 Å². The fourth-order valence-electron chi connectivity index (χ4n) is 1.53. The smallest absolute Gasteiger partial charge is 0.260 e. The zero-order valence-corrected chi connectivity index (χ0v) is 11.9. The lowest BCUT2D eigenvalue weighted by Crippen LogP contribution is -2.06. The molecule has 0 saturated heterocycles. The maximum absolute atomic E-state index is 12.5. The first-order valence-electron chi connectivity index (χ1n) is 6.20. The Balaban J connectivity index is 1.97. The number of pyridine rings is 1. The van der Waals surface area contributed by atoms with Gasteiger partial charge in [-0.25, -0.2) is 4.98 Å². The summed E-state index contributed by atoms with van der Waals surface area (Å²) in [5.41, 5.74) is 2.58. The van der Waals surface area contributed by atoms with Crippen molar-refractivity contribution in [2.24, 2.45) is 5.10 Å². The summed E-state index contributed by atoms with van der Waals surface area (Å²) in [7, 11) is 0. The van der Waals surface area contributed by atoms with Gasteiger partial charge in [-0.15, -0.1) is 0 Å². The topological polar surface area (TPSA) is 37.3 Å². The SMILES string of the molecule is FC(F)(F)c1cnc(N/N=C\C=C\c2ccccc2)c(Cl)c1.